The molecule has 252 valence electrons. The zero-order valence-electron chi connectivity index (χ0n) is 29.1. The molecule has 53 heavy (non-hydrogen) atoms. The van der Waals surface area contributed by atoms with E-state index in [0.717, 1.165) is 25.7 Å². The van der Waals surface area contributed by atoms with E-state index in [2.05, 4.69) is 155 Å². The van der Waals surface area contributed by atoms with Crippen molar-refractivity contribution in [3.8, 4) is 11.1 Å². The number of fused-ring (bicyclic) bond motifs is 13. The Kier molecular flexibility index (Phi) is 6.15. The summed E-state index contributed by atoms with van der Waals surface area (Å²) in [6, 6.07) is 38.8. The van der Waals surface area contributed by atoms with Gasteiger partial charge in [0.05, 0.1) is 11.1 Å². The summed E-state index contributed by atoms with van der Waals surface area (Å²) in [5, 5.41) is 6.34. The maximum atomic E-state index is 4.33. The lowest BCUT2D eigenvalue weighted by Crippen LogP contribution is -2.31. The van der Waals surface area contributed by atoms with E-state index in [4.69, 9.17) is 0 Å². The Hall–Kier alpha value is -5.97. The van der Waals surface area contributed by atoms with Crippen molar-refractivity contribution in [1.82, 2.24) is 4.98 Å². The number of hydrogen-bond acceptors (Lipinski definition) is 4. The molecule has 0 saturated heterocycles. The van der Waals surface area contributed by atoms with E-state index in [1.165, 1.54) is 98.7 Å². The second-order valence-electron chi connectivity index (χ2n) is 15.0. The number of nitrogens with zero attached hydrogens (tertiary/aromatic N) is 2. The highest BCUT2D eigenvalue weighted by atomic mass is 32.1. The van der Waals surface area contributed by atoms with E-state index in [9.17, 15) is 0 Å². The molecule has 0 amide bonds. The first-order valence-electron chi connectivity index (χ1n) is 18.8. The molecule has 4 heterocycles. The Morgan fingerprint density at radius 3 is 2.42 bits per heavy atom. The lowest BCUT2D eigenvalue weighted by molar-refractivity contribution is 0.769. The molecule has 4 aliphatic carbocycles. The van der Waals surface area contributed by atoms with E-state index in [0.29, 0.717) is 0 Å². The third-order valence-electron chi connectivity index (χ3n) is 12.4. The molecule has 2 aromatic heterocycles. The predicted octanol–water partition coefficient (Wildman–Crippen LogP) is 12.2. The van der Waals surface area contributed by atoms with E-state index in [1.54, 1.807) is 0 Å². The van der Waals surface area contributed by atoms with E-state index in [1.807, 2.05) is 23.7 Å². The van der Waals surface area contributed by atoms with Gasteiger partial charge in [-0.25, -0.2) is 0 Å². The zero-order chi connectivity index (χ0) is 34.7. The van der Waals surface area contributed by atoms with Crippen LogP contribution >= 0.6 is 11.3 Å². The maximum absolute atomic E-state index is 4.33. The number of thiophene rings is 1. The first kappa shape index (κ1) is 29.6. The molecule has 4 aromatic carbocycles. The van der Waals surface area contributed by atoms with Gasteiger partial charge in [0.2, 0.25) is 0 Å². The van der Waals surface area contributed by atoms with Crippen LogP contribution in [0.3, 0.4) is 0 Å². The van der Waals surface area contributed by atoms with Crippen LogP contribution in [0, 0.1) is 0 Å². The maximum Gasteiger partial charge on any atom is 0.124 e. The molecular formula is C49H35N3S. The Morgan fingerprint density at radius 1 is 0.698 bits per heavy atom. The number of hydrogen-bond donors (Lipinski definition) is 1. The molecule has 6 aromatic rings. The Morgan fingerprint density at radius 2 is 1.49 bits per heavy atom. The summed E-state index contributed by atoms with van der Waals surface area (Å²) in [4.78, 5) is 6.72. The third kappa shape index (κ3) is 4.07. The molecule has 0 saturated carbocycles. The van der Waals surface area contributed by atoms with Crippen molar-refractivity contribution < 1.29 is 0 Å². The third-order valence-corrected chi connectivity index (χ3v) is 13.6. The Balaban J connectivity index is 0.961. The molecule has 0 fully saturated rings. The number of pyridine rings is 1. The summed E-state index contributed by atoms with van der Waals surface area (Å²) in [6.45, 7) is 0. The summed E-state index contributed by atoms with van der Waals surface area (Å²) in [5.74, 6) is 0. The Labute approximate surface area is 313 Å². The lowest BCUT2D eigenvalue weighted by Gasteiger charge is -2.34. The van der Waals surface area contributed by atoms with Gasteiger partial charge in [-0.1, -0.05) is 103 Å². The molecule has 3 nitrogen and oxygen atoms in total. The van der Waals surface area contributed by atoms with Crippen LogP contribution in [-0.2, 0) is 5.41 Å². The number of aromatic nitrogens is 1. The van der Waals surface area contributed by atoms with Crippen LogP contribution in [0.25, 0.3) is 43.5 Å². The van der Waals surface area contributed by atoms with Crippen molar-refractivity contribution in [3.05, 3.63) is 197 Å². The highest BCUT2D eigenvalue weighted by Gasteiger charge is 2.53. The SMILES string of the molecule is C1=CC2=C(CC1)c1ccccc1C21C2=C(CCC(c3ccncc3)=C2)c2ccc(-c3ccc(C4=CN5c6sc7ccccc7c6NC5C=C4)cc3)cc21. The molecule has 2 unspecified atom stereocenters. The molecule has 0 radical (unpaired) electrons. The predicted molar refractivity (Wildman–Crippen MR) is 222 cm³/mol. The molecule has 0 bridgehead atoms. The normalized spacial score (nSPS) is 21.6. The van der Waals surface area contributed by atoms with Gasteiger partial charge in [0.15, 0.2) is 0 Å². The second-order valence-corrected chi connectivity index (χ2v) is 16.0. The number of benzene rings is 4. The van der Waals surface area contributed by atoms with Gasteiger partial charge in [-0.2, -0.15) is 0 Å². The monoisotopic (exact) mass is 697 g/mol. The quantitative estimate of drug-likeness (QED) is 0.200. The first-order valence-corrected chi connectivity index (χ1v) is 19.6. The van der Waals surface area contributed by atoms with Crippen molar-refractivity contribution in [2.75, 3.05) is 10.2 Å². The van der Waals surface area contributed by atoms with Gasteiger partial charge in [-0.3, -0.25) is 4.98 Å². The minimum absolute atomic E-state index is 0.160. The van der Waals surface area contributed by atoms with Crippen molar-refractivity contribution >= 4 is 54.4 Å². The van der Waals surface area contributed by atoms with E-state index < -0.39 is 0 Å². The van der Waals surface area contributed by atoms with E-state index >= 15 is 0 Å². The first-order chi connectivity index (χ1) is 26.3. The number of anilines is 2. The summed E-state index contributed by atoms with van der Waals surface area (Å²) in [6.07, 6.45) is 22.6. The van der Waals surface area contributed by atoms with Gasteiger partial charge in [0.25, 0.3) is 0 Å². The summed E-state index contributed by atoms with van der Waals surface area (Å²) in [5.41, 5.74) is 20.3. The zero-order valence-corrected chi connectivity index (χ0v) is 30.0. The smallest absolute Gasteiger partial charge is 0.124 e. The molecule has 2 aliphatic heterocycles. The van der Waals surface area contributed by atoms with Crippen LogP contribution in [0.15, 0.2) is 163 Å². The van der Waals surface area contributed by atoms with Crippen LogP contribution in [0.5, 0.6) is 0 Å². The van der Waals surface area contributed by atoms with Crippen LogP contribution in [0.2, 0.25) is 0 Å². The van der Waals surface area contributed by atoms with Gasteiger partial charge < -0.3 is 10.2 Å². The molecule has 1 N–H and O–H groups in total. The van der Waals surface area contributed by atoms with Crippen LogP contribution < -0.4 is 10.2 Å². The van der Waals surface area contributed by atoms with Gasteiger partial charge in [-0.15, -0.1) is 11.3 Å². The molecule has 12 rings (SSSR count). The standard InChI is InChI=1S/C49H35N3S/c1-4-10-41-36(7-1)37-8-2-5-11-42(37)49(41)43-27-33(17-20-38(43)39-21-18-34(28-44(39)49)32-23-25-50-26-24-32)30-13-15-31(16-14-30)35-19-22-46-51-47-40-9-3-6-12-45(40)53-48(47)52(46)29-35/h1,3-7,9-17,19-20,22-29,46,51H,2,8,18,21H2. The summed E-state index contributed by atoms with van der Waals surface area (Å²) < 4.78 is 1.32. The fourth-order valence-corrected chi connectivity index (χ4v) is 11.2. The van der Waals surface area contributed by atoms with Crippen molar-refractivity contribution in [2.24, 2.45) is 0 Å². The minimum atomic E-state index is -0.314. The molecule has 6 aliphatic rings. The number of rotatable bonds is 3. The molecule has 2 atom stereocenters. The Bertz CT molecular complexity index is 2750. The average Bonchev–Trinajstić information content (AvgIpc) is 3.95. The molecule has 4 heteroatoms. The molecular weight excluding hydrogens is 663 g/mol. The van der Waals surface area contributed by atoms with Crippen molar-refractivity contribution in [2.45, 2.75) is 37.3 Å². The van der Waals surface area contributed by atoms with Gasteiger partial charge in [-0.05, 0) is 134 Å². The number of allylic oxidation sites excluding steroid dienone is 10. The van der Waals surface area contributed by atoms with E-state index in [-0.39, 0.29) is 11.6 Å². The van der Waals surface area contributed by atoms with Gasteiger partial charge in [0, 0.05) is 28.7 Å². The topological polar surface area (TPSA) is 28.2 Å². The highest BCUT2D eigenvalue weighted by molar-refractivity contribution is 7.23. The van der Waals surface area contributed by atoms with Crippen LogP contribution in [-0.4, -0.2) is 11.1 Å². The number of nitrogens with one attached hydrogen (secondary N) is 1. The van der Waals surface area contributed by atoms with Crippen molar-refractivity contribution in [1.29, 1.82) is 0 Å². The van der Waals surface area contributed by atoms with Crippen LogP contribution in [0.1, 0.15) is 59.1 Å². The average molecular weight is 698 g/mol. The minimum Gasteiger partial charge on any atom is -0.359 e. The lowest BCUT2D eigenvalue weighted by atomic mass is 9.66. The fraction of sp³-hybridized carbons (Fsp3) is 0.122. The van der Waals surface area contributed by atoms with Crippen LogP contribution in [0.4, 0.5) is 10.7 Å². The second kappa shape index (κ2) is 11.0. The summed E-state index contributed by atoms with van der Waals surface area (Å²) >= 11 is 1.86. The van der Waals surface area contributed by atoms with Crippen molar-refractivity contribution in [3.63, 3.8) is 0 Å². The molecule has 1 spiro atoms. The fourth-order valence-electron chi connectivity index (χ4n) is 10.1. The van der Waals surface area contributed by atoms with Gasteiger partial charge >= 0.3 is 0 Å². The summed E-state index contributed by atoms with van der Waals surface area (Å²) in [7, 11) is 0. The largest absolute Gasteiger partial charge is 0.359 e. The van der Waals surface area contributed by atoms with Gasteiger partial charge in [0.1, 0.15) is 11.2 Å². The highest BCUT2D eigenvalue weighted by Crippen LogP contribution is 2.65.